The first-order chi connectivity index (χ1) is 11.6. The molecule has 0 saturated carbocycles. The molecule has 0 amide bonds. The molecule has 0 radical (unpaired) electrons. The van der Waals surface area contributed by atoms with Gasteiger partial charge in [-0.3, -0.25) is 0 Å². The summed E-state index contributed by atoms with van der Waals surface area (Å²) in [7, 11) is 2.01. The van der Waals surface area contributed by atoms with Gasteiger partial charge in [-0.15, -0.1) is 0 Å². The zero-order valence-electron chi connectivity index (χ0n) is 14.0. The van der Waals surface area contributed by atoms with Crippen LogP contribution in [0.5, 0.6) is 0 Å². The number of para-hydroxylation sites is 1. The topological polar surface area (TPSA) is 43.3 Å². The van der Waals surface area contributed by atoms with Crippen LogP contribution in [0.15, 0.2) is 84.0 Å². The molecule has 0 atom stereocenters. The lowest BCUT2D eigenvalue weighted by Gasteiger charge is -2.07. The Morgan fingerprint density at radius 1 is 0.958 bits per heavy atom. The van der Waals surface area contributed by atoms with Gasteiger partial charge in [0.1, 0.15) is 0 Å². The smallest absolute Gasteiger partial charge is 0.0894 e. The van der Waals surface area contributed by atoms with E-state index < -0.39 is 0 Å². The summed E-state index contributed by atoms with van der Waals surface area (Å²) in [5.41, 5.74) is 12.0. The number of aliphatic imine (C=N–C) groups is 1. The molecule has 24 heavy (non-hydrogen) atoms. The molecule has 0 bridgehead atoms. The summed E-state index contributed by atoms with van der Waals surface area (Å²) in [6.45, 7) is 2.07. The number of benzene rings is 2. The lowest BCUT2D eigenvalue weighted by atomic mass is 10.1. The number of nitrogens with two attached hydrogens (primary N) is 1. The highest BCUT2D eigenvalue weighted by atomic mass is 14.9. The molecule has 3 heteroatoms. The van der Waals surface area contributed by atoms with E-state index in [4.69, 9.17) is 10.7 Å². The molecule has 0 aliphatic carbocycles. The van der Waals surface area contributed by atoms with Crippen molar-refractivity contribution in [3.8, 4) is 0 Å². The summed E-state index contributed by atoms with van der Waals surface area (Å²) in [6, 6.07) is 22.2. The van der Waals surface area contributed by atoms with Gasteiger partial charge in [0.25, 0.3) is 0 Å². The average Bonchev–Trinajstić information content (AvgIpc) is 3.02. The van der Waals surface area contributed by atoms with Crippen LogP contribution in [0.1, 0.15) is 16.8 Å². The van der Waals surface area contributed by atoms with Crippen molar-refractivity contribution in [1.82, 2.24) is 4.57 Å². The maximum atomic E-state index is 6.33. The van der Waals surface area contributed by atoms with Crippen LogP contribution in [-0.4, -0.2) is 10.3 Å². The normalized spacial score (nSPS) is 12.4. The van der Waals surface area contributed by atoms with Crippen LogP contribution < -0.4 is 5.73 Å². The highest BCUT2D eigenvalue weighted by Crippen LogP contribution is 2.17. The van der Waals surface area contributed by atoms with Crippen molar-refractivity contribution in [3.63, 3.8) is 0 Å². The summed E-state index contributed by atoms with van der Waals surface area (Å²) in [4.78, 5) is 4.78. The van der Waals surface area contributed by atoms with Gasteiger partial charge in [-0.25, -0.2) is 4.99 Å². The first-order valence-corrected chi connectivity index (χ1v) is 7.93. The van der Waals surface area contributed by atoms with Crippen molar-refractivity contribution in [2.45, 2.75) is 6.92 Å². The predicted molar refractivity (Wildman–Crippen MR) is 101 cm³/mol. The molecule has 120 valence electrons. The largest absolute Gasteiger partial charge is 0.398 e. The van der Waals surface area contributed by atoms with E-state index in [0.717, 1.165) is 22.7 Å². The van der Waals surface area contributed by atoms with Crippen molar-refractivity contribution in [2.24, 2.45) is 17.8 Å². The monoisotopic (exact) mass is 315 g/mol. The zero-order chi connectivity index (χ0) is 16.9. The number of aromatic nitrogens is 1. The predicted octanol–water partition coefficient (Wildman–Crippen LogP) is 4.45. The highest BCUT2D eigenvalue weighted by Gasteiger charge is 2.07. The van der Waals surface area contributed by atoms with E-state index >= 15 is 0 Å². The summed E-state index contributed by atoms with van der Waals surface area (Å²) < 4.78 is 2.04. The Morgan fingerprint density at radius 2 is 1.67 bits per heavy atom. The molecular formula is C21H21N3. The molecule has 0 aliphatic heterocycles. The molecular weight excluding hydrogens is 294 g/mol. The number of aryl methyl sites for hydroxylation is 2. The van der Waals surface area contributed by atoms with Crippen LogP contribution in [0.3, 0.4) is 0 Å². The Kier molecular flexibility index (Phi) is 4.62. The van der Waals surface area contributed by atoms with Crippen molar-refractivity contribution < 1.29 is 0 Å². The zero-order valence-corrected chi connectivity index (χ0v) is 14.0. The third-order valence-corrected chi connectivity index (χ3v) is 3.89. The van der Waals surface area contributed by atoms with E-state index in [1.807, 2.05) is 78.5 Å². The van der Waals surface area contributed by atoms with Gasteiger partial charge < -0.3 is 10.3 Å². The molecule has 0 saturated heterocycles. The Balaban J connectivity index is 2.05. The summed E-state index contributed by atoms with van der Waals surface area (Å²) in [6.07, 6.45) is 3.94. The maximum absolute atomic E-state index is 6.33. The molecule has 1 heterocycles. The number of nitrogens with zero attached hydrogens (tertiary/aromatic N) is 2. The van der Waals surface area contributed by atoms with Gasteiger partial charge in [-0.05, 0) is 42.8 Å². The second-order valence-electron chi connectivity index (χ2n) is 5.80. The minimum Gasteiger partial charge on any atom is -0.398 e. The summed E-state index contributed by atoms with van der Waals surface area (Å²) in [5.74, 6) is 0. The molecule has 0 fully saturated rings. The van der Waals surface area contributed by atoms with E-state index in [-0.39, 0.29) is 0 Å². The van der Waals surface area contributed by atoms with Gasteiger partial charge in [-0.2, -0.15) is 0 Å². The second-order valence-corrected chi connectivity index (χ2v) is 5.80. The van der Waals surface area contributed by atoms with Crippen LogP contribution in [0.2, 0.25) is 0 Å². The van der Waals surface area contributed by atoms with Crippen molar-refractivity contribution in [1.29, 1.82) is 0 Å². The van der Waals surface area contributed by atoms with Crippen molar-refractivity contribution >= 4 is 17.1 Å². The highest BCUT2D eigenvalue weighted by molar-refractivity contribution is 6.12. The van der Waals surface area contributed by atoms with Crippen LogP contribution in [0.4, 0.5) is 5.69 Å². The maximum Gasteiger partial charge on any atom is 0.0894 e. The second kappa shape index (κ2) is 7.01. The first-order valence-electron chi connectivity index (χ1n) is 7.93. The Morgan fingerprint density at radius 3 is 2.29 bits per heavy atom. The fraction of sp³-hybridized carbons (Fsp3) is 0.0952. The molecule has 0 aliphatic rings. The summed E-state index contributed by atoms with van der Waals surface area (Å²) in [5, 5.41) is 0. The minimum atomic E-state index is 0.700. The van der Waals surface area contributed by atoms with Crippen molar-refractivity contribution in [3.05, 3.63) is 95.8 Å². The molecule has 3 aromatic rings. The fourth-order valence-corrected chi connectivity index (χ4v) is 2.51. The molecule has 3 nitrogen and oxygen atoms in total. The average molecular weight is 315 g/mol. The van der Waals surface area contributed by atoms with E-state index in [0.29, 0.717) is 5.70 Å². The standard InChI is InChI=1S/C21H21N3/c1-16-10-12-17(13-11-16)19(22)15-20(21-9-6-14-24(21)2)23-18-7-4-3-5-8-18/h3-15H,22H2,1-2H3/b19-15-,23-20?. The fourth-order valence-electron chi connectivity index (χ4n) is 2.51. The van der Waals surface area contributed by atoms with E-state index in [1.165, 1.54) is 5.56 Å². The lowest BCUT2D eigenvalue weighted by molar-refractivity contribution is 0.915. The van der Waals surface area contributed by atoms with Crippen LogP contribution in [0.25, 0.3) is 5.70 Å². The third kappa shape index (κ3) is 3.63. The van der Waals surface area contributed by atoms with Gasteiger partial charge in [0.05, 0.1) is 17.1 Å². The molecule has 3 rings (SSSR count). The number of hydrogen-bond donors (Lipinski definition) is 1. The molecule has 2 aromatic carbocycles. The third-order valence-electron chi connectivity index (χ3n) is 3.89. The van der Waals surface area contributed by atoms with Crippen LogP contribution >= 0.6 is 0 Å². The lowest BCUT2D eigenvalue weighted by Crippen LogP contribution is -2.07. The van der Waals surface area contributed by atoms with E-state index in [2.05, 4.69) is 19.1 Å². The number of rotatable bonds is 4. The van der Waals surface area contributed by atoms with E-state index in [1.54, 1.807) is 0 Å². The van der Waals surface area contributed by atoms with E-state index in [9.17, 15) is 0 Å². The SMILES string of the molecule is Cc1ccc(/C(N)=C/C(=Nc2ccccc2)c2cccn2C)cc1. The molecule has 1 aromatic heterocycles. The van der Waals surface area contributed by atoms with Gasteiger partial charge in [0.2, 0.25) is 0 Å². The Bertz CT molecular complexity index is 869. The number of hydrogen-bond acceptors (Lipinski definition) is 2. The molecule has 0 spiro atoms. The Hall–Kier alpha value is -3.07. The van der Waals surface area contributed by atoms with Crippen LogP contribution in [0, 0.1) is 6.92 Å². The Labute approximate surface area is 142 Å². The van der Waals surface area contributed by atoms with Gasteiger partial charge in [-0.1, -0.05) is 48.0 Å². The number of allylic oxidation sites excluding steroid dienone is 1. The van der Waals surface area contributed by atoms with Gasteiger partial charge in [0, 0.05) is 18.9 Å². The quantitative estimate of drug-likeness (QED) is 0.710. The first kappa shape index (κ1) is 15.8. The minimum absolute atomic E-state index is 0.700. The van der Waals surface area contributed by atoms with Crippen LogP contribution in [-0.2, 0) is 7.05 Å². The van der Waals surface area contributed by atoms with Gasteiger partial charge >= 0.3 is 0 Å². The van der Waals surface area contributed by atoms with Crippen molar-refractivity contribution in [2.75, 3.05) is 0 Å². The summed E-state index contributed by atoms with van der Waals surface area (Å²) >= 11 is 0. The molecule has 2 N–H and O–H groups in total. The molecule has 0 unspecified atom stereocenters. The van der Waals surface area contributed by atoms with Gasteiger partial charge in [0.15, 0.2) is 0 Å².